The van der Waals surface area contributed by atoms with Gasteiger partial charge in [-0.15, -0.1) is 6.42 Å². The van der Waals surface area contributed by atoms with Gasteiger partial charge in [-0.2, -0.15) is 0 Å². The first kappa shape index (κ1) is 62.7. The molecule has 2 aliphatic heterocycles. The van der Waals surface area contributed by atoms with Gasteiger partial charge in [0, 0.05) is 52.4 Å². The lowest BCUT2D eigenvalue weighted by molar-refractivity contribution is -0.271. The number of carboxylic acid groups (broad SMARTS) is 2. The first-order valence-electron chi connectivity index (χ1n) is 25.9. The molecule has 2 aromatic carbocycles. The first-order valence-corrected chi connectivity index (χ1v) is 25.9. The highest BCUT2D eigenvalue weighted by molar-refractivity contribution is 5.90. The van der Waals surface area contributed by atoms with Crippen molar-refractivity contribution in [2.75, 3.05) is 41.5 Å². The summed E-state index contributed by atoms with van der Waals surface area (Å²) >= 11 is 0. The summed E-state index contributed by atoms with van der Waals surface area (Å²) in [6.45, 7) is 13.3. The number of amides is 4. The zero-order valence-corrected chi connectivity index (χ0v) is 45.7. The number of carboxylic acids is 2. The average Bonchev–Trinajstić information content (AvgIpc) is 3.87. The molecule has 2 saturated heterocycles. The van der Waals surface area contributed by atoms with Crippen LogP contribution in [0.3, 0.4) is 0 Å². The number of rotatable bonds is 28. The highest BCUT2D eigenvalue weighted by Gasteiger charge is 2.49. The summed E-state index contributed by atoms with van der Waals surface area (Å²) < 4.78 is 28.8. The van der Waals surface area contributed by atoms with Crippen LogP contribution >= 0.6 is 0 Å². The van der Waals surface area contributed by atoms with Crippen molar-refractivity contribution < 1.29 is 78.0 Å². The van der Waals surface area contributed by atoms with E-state index >= 15 is 0 Å². The number of hydrogen-bond acceptors (Lipinski definition) is 15. The van der Waals surface area contributed by atoms with Crippen molar-refractivity contribution in [1.29, 1.82) is 0 Å². The maximum atomic E-state index is 14.8. The quantitative estimate of drug-likeness (QED) is 0.0602. The molecule has 0 radical (unpaired) electrons. The van der Waals surface area contributed by atoms with Gasteiger partial charge in [0.15, 0.2) is 6.10 Å². The molecule has 0 aromatic heterocycles. The highest BCUT2D eigenvalue weighted by atomic mass is 16.7. The Hall–Kier alpha value is -5.86. The van der Waals surface area contributed by atoms with Crippen LogP contribution in [0.5, 0.6) is 11.5 Å². The molecule has 0 saturated carbocycles. The van der Waals surface area contributed by atoms with Gasteiger partial charge in [0.05, 0.1) is 42.7 Å². The molecule has 422 valence electrons. The Morgan fingerprint density at radius 2 is 1.55 bits per heavy atom. The number of likely N-dealkylation sites (tertiary alicyclic amines) is 1. The molecule has 4 rings (SSSR count). The smallest absolute Gasteiger partial charge is 0.335 e. The minimum atomic E-state index is -1.91. The predicted octanol–water partition coefficient (Wildman–Crippen LogP) is 2.30. The Labute approximate surface area is 446 Å². The Bertz CT molecular complexity index is 2300. The number of hydrogen-bond donors (Lipinski definition) is 7. The highest BCUT2D eigenvalue weighted by Crippen LogP contribution is 2.33. The van der Waals surface area contributed by atoms with E-state index < -0.39 is 103 Å². The summed E-state index contributed by atoms with van der Waals surface area (Å²) in [5, 5.41) is 56.1. The van der Waals surface area contributed by atoms with Crippen LogP contribution in [0.25, 0.3) is 0 Å². The van der Waals surface area contributed by atoms with Gasteiger partial charge in [-0.1, -0.05) is 97.2 Å². The number of aliphatic hydroxyl groups excluding tert-OH is 3. The van der Waals surface area contributed by atoms with E-state index in [1.54, 1.807) is 66.1 Å². The number of carbonyl (C=O) groups excluding carboxylic acids is 4. The van der Waals surface area contributed by atoms with Crippen LogP contribution in [0.15, 0.2) is 48.5 Å². The van der Waals surface area contributed by atoms with Crippen molar-refractivity contribution in [3.8, 4) is 23.8 Å². The van der Waals surface area contributed by atoms with Crippen LogP contribution < -0.4 is 20.1 Å². The van der Waals surface area contributed by atoms with Crippen LogP contribution in [0.1, 0.15) is 85.3 Å². The molecule has 2 aromatic rings. The molecule has 76 heavy (non-hydrogen) atoms. The number of likely N-dealkylation sites (N-methyl/N-ethyl adjacent to an activating group) is 2. The van der Waals surface area contributed by atoms with Crippen molar-refractivity contribution in [3.63, 3.8) is 0 Å². The number of nitrogens with zero attached hydrogens (tertiary/aromatic N) is 3. The summed E-state index contributed by atoms with van der Waals surface area (Å²) in [4.78, 5) is 86.3. The summed E-state index contributed by atoms with van der Waals surface area (Å²) in [6, 6.07) is 9.45. The molecule has 14 atom stereocenters. The zero-order valence-electron chi connectivity index (χ0n) is 45.7. The van der Waals surface area contributed by atoms with Gasteiger partial charge >= 0.3 is 11.9 Å². The van der Waals surface area contributed by atoms with Crippen LogP contribution in [-0.2, 0) is 55.9 Å². The summed E-state index contributed by atoms with van der Waals surface area (Å²) in [7, 11) is 6.34. The molecule has 2 fully saturated rings. The fraction of sp³-hybridized carbons (Fsp3) is 0.636. The van der Waals surface area contributed by atoms with Gasteiger partial charge in [0.25, 0.3) is 0 Å². The second-order valence-electron chi connectivity index (χ2n) is 20.6. The number of carbonyl (C=O) groups is 6. The van der Waals surface area contributed by atoms with E-state index in [1.807, 2.05) is 47.6 Å². The molecule has 0 aliphatic carbocycles. The number of ether oxygens (including phenoxy) is 5. The largest absolute Gasteiger partial charge is 0.480 e. The Morgan fingerprint density at radius 1 is 0.882 bits per heavy atom. The molecule has 0 unspecified atom stereocenters. The molecule has 0 bridgehead atoms. The van der Waals surface area contributed by atoms with E-state index in [-0.39, 0.29) is 67.1 Å². The Morgan fingerprint density at radius 3 is 2.12 bits per heavy atom. The van der Waals surface area contributed by atoms with Crippen LogP contribution in [0.2, 0.25) is 0 Å². The standard InChI is InChI=1S/C55H81N5O16/c1-13-25-74-39-27-36(75-55-47(64)45(62)46(63)49(76-55)54(70)71)23-22-35(39)29-58(9)43(31(5)6)51(66)57-42(30(3)4)52(67)59(10)44(32(7)14-2)40(72-11)28-41(61)60-24-18-21-38(60)48(73-12)33(8)50(65)56-37(53(68)69)26-34-19-16-15-17-20-34/h1,15-17,19-20,22-23,27,30-33,37-38,40,42-49,55,62-64H,14,18,21,24-26,28-29H2,2-12H3,(H,56,65)(H,57,66)(H,68,69)(H,70,71)/t32-,33+,37-,38-,40+,42-,43-,44-,45-,46-,47+,48+,49-,55+/m0/s1. The predicted molar refractivity (Wildman–Crippen MR) is 278 cm³/mol. The number of methoxy groups -OCH3 is 2. The number of aliphatic hydroxyl groups is 3. The van der Waals surface area contributed by atoms with Gasteiger partial charge in [-0.25, -0.2) is 9.59 Å². The normalized spacial score (nSPS) is 22.8. The average molecular weight is 1070 g/mol. The molecule has 7 N–H and O–H groups in total. The number of benzene rings is 2. The third-order valence-electron chi connectivity index (χ3n) is 14.6. The lowest BCUT2D eigenvalue weighted by atomic mass is 9.89. The fourth-order valence-electron chi connectivity index (χ4n) is 10.3. The van der Waals surface area contributed by atoms with Crippen LogP contribution in [0.4, 0.5) is 0 Å². The van der Waals surface area contributed by atoms with Crippen molar-refractivity contribution >= 4 is 35.6 Å². The molecule has 2 heterocycles. The second-order valence-corrected chi connectivity index (χ2v) is 20.6. The third-order valence-corrected chi connectivity index (χ3v) is 14.6. The first-order chi connectivity index (χ1) is 35.9. The molecule has 0 spiro atoms. The van der Waals surface area contributed by atoms with Crippen LogP contribution in [-0.4, -0.2) is 190 Å². The van der Waals surface area contributed by atoms with Crippen molar-refractivity contribution in [3.05, 3.63) is 59.7 Å². The molecule has 4 amide bonds. The number of terminal acetylenes is 1. The van der Waals surface area contributed by atoms with Crippen molar-refractivity contribution in [2.24, 2.45) is 23.7 Å². The van der Waals surface area contributed by atoms with Crippen LogP contribution in [0, 0.1) is 36.0 Å². The monoisotopic (exact) mass is 1070 g/mol. The Kier molecular flexibility index (Phi) is 23.9. The van der Waals surface area contributed by atoms with Gasteiger partial charge in [-0.05, 0) is 49.3 Å². The van der Waals surface area contributed by atoms with Gasteiger partial charge in [0.2, 0.25) is 29.9 Å². The van der Waals surface area contributed by atoms with Crippen molar-refractivity contribution in [2.45, 2.75) is 160 Å². The van der Waals surface area contributed by atoms with E-state index in [0.29, 0.717) is 31.4 Å². The maximum Gasteiger partial charge on any atom is 0.335 e. The summed E-state index contributed by atoms with van der Waals surface area (Å²) in [6.07, 6.45) is -3.38. The topological polar surface area (TPSA) is 284 Å². The molecular formula is C55H81N5O16. The lowest BCUT2D eigenvalue weighted by Crippen LogP contribution is -2.61. The molecular weight excluding hydrogens is 987 g/mol. The fourth-order valence-corrected chi connectivity index (χ4v) is 10.3. The second kappa shape index (κ2) is 29.0. The summed E-state index contributed by atoms with van der Waals surface area (Å²) in [5.41, 5.74) is 1.31. The lowest BCUT2D eigenvalue weighted by Gasteiger charge is -2.41. The third kappa shape index (κ3) is 15.9. The van der Waals surface area contributed by atoms with E-state index in [0.717, 1.165) is 5.56 Å². The number of nitrogens with one attached hydrogen (secondary N) is 2. The Balaban J connectivity index is 1.50. The van der Waals surface area contributed by atoms with E-state index in [9.17, 15) is 54.3 Å². The molecule has 21 nitrogen and oxygen atoms in total. The SMILES string of the molecule is C#CCOc1cc(O[C@@H]2O[C@H](C(=O)O)[C@@H](O)[C@H](O)[C@H]2O)ccc1CN(C)[C@H](C(=O)N[C@H](C(=O)N(C)[C@@H]([C@@H](C)CC)[C@@H](CC(=O)N1CCC[C@H]1[C@H](OC)[C@@H](C)C(=O)N[C@@H](Cc1ccccc1)C(=O)O)OC)C(C)C)C(C)C. The zero-order chi connectivity index (χ0) is 56.7. The maximum absolute atomic E-state index is 14.8. The van der Waals surface area contributed by atoms with E-state index in [2.05, 4.69) is 16.6 Å². The summed E-state index contributed by atoms with van der Waals surface area (Å²) in [5.74, 6) is -3.31. The van der Waals surface area contributed by atoms with E-state index in [1.165, 1.54) is 26.4 Å². The minimum absolute atomic E-state index is 0.0477. The number of aliphatic carboxylic acids is 2. The molecule has 21 heteroatoms. The van der Waals surface area contributed by atoms with Crippen molar-refractivity contribution in [1.82, 2.24) is 25.3 Å². The van der Waals surface area contributed by atoms with Gasteiger partial charge in [-0.3, -0.25) is 24.1 Å². The van der Waals surface area contributed by atoms with Gasteiger partial charge in [0.1, 0.15) is 48.5 Å². The van der Waals surface area contributed by atoms with E-state index in [4.69, 9.17) is 30.1 Å². The van der Waals surface area contributed by atoms with Gasteiger partial charge < -0.3 is 69.7 Å². The minimum Gasteiger partial charge on any atom is -0.480 e. The molecule has 2 aliphatic rings.